The van der Waals surface area contributed by atoms with Crippen LogP contribution < -0.4 is 0 Å². The fraction of sp³-hybridized carbons (Fsp3) is 0.917. The molecule has 0 bridgehead atoms. The minimum atomic E-state index is -1.01. The van der Waals surface area contributed by atoms with Gasteiger partial charge in [0.25, 0.3) is 0 Å². The summed E-state index contributed by atoms with van der Waals surface area (Å²) in [6, 6.07) is 0.532. The smallest absolute Gasteiger partial charge is 0.304 e. The molecule has 3 unspecified atom stereocenters. The summed E-state index contributed by atoms with van der Waals surface area (Å²) in [5, 5.41) is 8.41. The minimum Gasteiger partial charge on any atom is -0.481 e. The Morgan fingerprint density at radius 1 is 1.53 bits per heavy atom. The molecule has 1 heterocycles. The molecular formula is C12H23NO3S. The van der Waals surface area contributed by atoms with Crippen molar-refractivity contribution in [3.8, 4) is 0 Å². The fourth-order valence-corrected chi connectivity index (χ4v) is 3.54. The quantitative estimate of drug-likeness (QED) is 0.786. The van der Waals surface area contributed by atoms with Gasteiger partial charge in [0.15, 0.2) is 0 Å². The van der Waals surface area contributed by atoms with E-state index < -0.39 is 16.8 Å². The van der Waals surface area contributed by atoms with E-state index in [0.717, 1.165) is 13.0 Å². The van der Waals surface area contributed by atoms with Crippen LogP contribution in [0.3, 0.4) is 0 Å². The lowest BCUT2D eigenvalue weighted by atomic mass is 10.0. The van der Waals surface area contributed by atoms with Gasteiger partial charge in [0.05, 0.1) is 6.42 Å². The highest BCUT2D eigenvalue weighted by Crippen LogP contribution is 2.18. The summed E-state index contributed by atoms with van der Waals surface area (Å²) in [6.07, 6.45) is 4.62. The number of hydrogen-bond acceptors (Lipinski definition) is 3. The van der Waals surface area contributed by atoms with E-state index in [2.05, 4.69) is 11.9 Å². The van der Waals surface area contributed by atoms with Crippen molar-refractivity contribution in [3.63, 3.8) is 0 Å². The van der Waals surface area contributed by atoms with E-state index in [9.17, 15) is 9.00 Å². The highest BCUT2D eigenvalue weighted by Gasteiger charge is 2.21. The maximum Gasteiger partial charge on any atom is 0.304 e. The summed E-state index contributed by atoms with van der Waals surface area (Å²) in [5.74, 6) is -0.232. The summed E-state index contributed by atoms with van der Waals surface area (Å²) in [4.78, 5) is 12.9. The monoisotopic (exact) mass is 261 g/mol. The largest absolute Gasteiger partial charge is 0.481 e. The fourth-order valence-electron chi connectivity index (χ4n) is 2.30. The number of carbonyl (C=O) groups is 1. The van der Waals surface area contributed by atoms with Gasteiger partial charge < -0.3 is 10.0 Å². The Labute approximate surface area is 106 Å². The maximum absolute atomic E-state index is 11.9. The second-order valence-electron chi connectivity index (χ2n) is 4.91. The first-order valence-electron chi connectivity index (χ1n) is 6.30. The normalized spacial score (nSPS) is 25.4. The van der Waals surface area contributed by atoms with Crippen LogP contribution in [0.25, 0.3) is 0 Å². The van der Waals surface area contributed by atoms with Crippen molar-refractivity contribution >= 4 is 16.8 Å². The number of carboxylic acids is 1. The van der Waals surface area contributed by atoms with Crippen LogP contribution in [0, 0.1) is 0 Å². The van der Waals surface area contributed by atoms with Crippen LogP contribution in [-0.4, -0.2) is 50.8 Å². The van der Waals surface area contributed by atoms with Crippen molar-refractivity contribution in [1.82, 2.24) is 4.90 Å². The Morgan fingerprint density at radius 3 is 2.82 bits per heavy atom. The Hall–Kier alpha value is -0.420. The van der Waals surface area contributed by atoms with Gasteiger partial charge in [-0.15, -0.1) is 0 Å². The average Bonchev–Trinajstić information content (AvgIpc) is 2.26. The van der Waals surface area contributed by atoms with Crippen LogP contribution in [0.1, 0.15) is 39.0 Å². The lowest BCUT2D eigenvalue weighted by Gasteiger charge is -2.32. The van der Waals surface area contributed by atoms with Crippen LogP contribution in [0.4, 0.5) is 0 Å². The summed E-state index contributed by atoms with van der Waals surface area (Å²) in [6.45, 7) is 2.89. The lowest BCUT2D eigenvalue weighted by Crippen LogP contribution is -2.37. The van der Waals surface area contributed by atoms with Crippen molar-refractivity contribution in [2.75, 3.05) is 19.3 Å². The van der Waals surface area contributed by atoms with Gasteiger partial charge in [0.2, 0.25) is 0 Å². The van der Waals surface area contributed by atoms with E-state index in [-0.39, 0.29) is 11.7 Å². The van der Waals surface area contributed by atoms with Crippen molar-refractivity contribution in [1.29, 1.82) is 0 Å². The predicted molar refractivity (Wildman–Crippen MR) is 69.6 cm³/mol. The van der Waals surface area contributed by atoms with Gasteiger partial charge in [-0.1, -0.05) is 13.3 Å². The van der Waals surface area contributed by atoms with Gasteiger partial charge in [0, 0.05) is 27.8 Å². The topological polar surface area (TPSA) is 57.6 Å². The third-order valence-electron chi connectivity index (χ3n) is 3.48. The zero-order valence-corrected chi connectivity index (χ0v) is 11.5. The number of likely N-dealkylation sites (tertiary alicyclic amines) is 1. The molecule has 0 spiro atoms. The summed E-state index contributed by atoms with van der Waals surface area (Å²) in [5.41, 5.74) is 0. The molecule has 100 valence electrons. The zero-order chi connectivity index (χ0) is 12.8. The molecule has 1 rings (SSSR count). The van der Waals surface area contributed by atoms with Crippen LogP contribution in [-0.2, 0) is 15.6 Å². The lowest BCUT2D eigenvalue weighted by molar-refractivity contribution is -0.136. The Bertz CT molecular complexity index is 283. The van der Waals surface area contributed by atoms with Gasteiger partial charge in [-0.25, -0.2) is 0 Å². The summed E-state index contributed by atoms with van der Waals surface area (Å²) < 4.78 is 11.9. The molecule has 1 aliphatic heterocycles. The molecule has 4 nitrogen and oxygen atoms in total. The van der Waals surface area contributed by atoms with E-state index in [1.807, 2.05) is 0 Å². The molecule has 0 aromatic carbocycles. The average molecular weight is 261 g/mol. The molecule has 17 heavy (non-hydrogen) atoms. The number of hydrogen-bond donors (Lipinski definition) is 1. The molecule has 0 saturated carbocycles. The summed E-state index contributed by atoms with van der Waals surface area (Å²) in [7, 11) is 1.11. The van der Waals surface area contributed by atoms with Crippen LogP contribution >= 0.6 is 0 Å². The van der Waals surface area contributed by atoms with Gasteiger partial charge >= 0.3 is 5.97 Å². The molecule has 3 atom stereocenters. The second-order valence-corrected chi connectivity index (χ2v) is 6.89. The van der Waals surface area contributed by atoms with Crippen LogP contribution in [0.15, 0.2) is 0 Å². The third-order valence-corrected chi connectivity index (χ3v) is 5.19. The summed E-state index contributed by atoms with van der Waals surface area (Å²) >= 11 is 0. The minimum absolute atomic E-state index is 0.00706. The zero-order valence-electron chi connectivity index (χ0n) is 10.7. The molecule has 1 saturated heterocycles. The molecule has 0 aromatic rings. The molecule has 0 amide bonds. The van der Waals surface area contributed by atoms with Crippen molar-refractivity contribution < 1.29 is 14.1 Å². The standard InChI is InChI=1S/C12H23NO3S/c1-10(9-12(14)15)17(16)8-6-11-5-3-4-7-13(11)2/h10-11H,3-9H2,1-2H3,(H,14,15). The van der Waals surface area contributed by atoms with E-state index in [1.165, 1.54) is 19.3 Å². The van der Waals surface area contributed by atoms with Gasteiger partial charge in [-0.3, -0.25) is 9.00 Å². The first-order chi connectivity index (χ1) is 8.00. The van der Waals surface area contributed by atoms with Gasteiger partial charge in [0.1, 0.15) is 0 Å². The first-order valence-corrected chi connectivity index (χ1v) is 7.68. The molecule has 5 heteroatoms. The van der Waals surface area contributed by atoms with E-state index in [4.69, 9.17) is 5.11 Å². The molecule has 0 radical (unpaired) electrons. The molecule has 0 aliphatic carbocycles. The Morgan fingerprint density at radius 2 is 2.24 bits per heavy atom. The Balaban J connectivity index is 2.29. The van der Waals surface area contributed by atoms with Crippen molar-refractivity contribution in [3.05, 3.63) is 0 Å². The van der Waals surface area contributed by atoms with Gasteiger partial charge in [-0.2, -0.15) is 0 Å². The molecule has 1 N–H and O–H groups in total. The molecular weight excluding hydrogens is 238 g/mol. The van der Waals surface area contributed by atoms with E-state index >= 15 is 0 Å². The van der Waals surface area contributed by atoms with E-state index in [1.54, 1.807) is 6.92 Å². The maximum atomic E-state index is 11.9. The van der Waals surface area contributed by atoms with E-state index in [0.29, 0.717) is 11.8 Å². The second kappa shape index (κ2) is 7.11. The third kappa shape index (κ3) is 5.17. The highest BCUT2D eigenvalue weighted by molar-refractivity contribution is 7.85. The molecule has 1 fully saturated rings. The first kappa shape index (κ1) is 14.6. The highest BCUT2D eigenvalue weighted by atomic mass is 32.2. The van der Waals surface area contributed by atoms with Crippen LogP contribution in [0.5, 0.6) is 0 Å². The predicted octanol–water partition coefficient (Wildman–Crippen LogP) is 1.47. The Kier molecular flexibility index (Phi) is 6.12. The van der Waals surface area contributed by atoms with Crippen molar-refractivity contribution in [2.45, 2.75) is 50.3 Å². The van der Waals surface area contributed by atoms with Crippen molar-refractivity contribution in [2.24, 2.45) is 0 Å². The van der Waals surface area contributed by atoms with Gasteiger partial charge in [-0.05, 0) is 32.9 Å². The number of aliphatic carboxylic acids is 1. The molecule has 0 aromatic heterocycles. The number of piperidine rings is 1. The number of rotatable bonds is 6. The number of nitrogens with zero attached hydrogens (tertiary/aromatic N) is 1. The van der Waals surface area contributed by atoms with Crippen LogP contribution in [0.2, 0.25) is 0 Å². The number of carboxylic acid groups (broad SMARTS) is 1. The SMILES string of the molecule is CC(CC(=O)O)S(=O)CCC1CCCCN1C. The molecule has 1 aliphatic rings.